The number of nitrogens with one attached hydrogen (secondary N) is 1. The standard InChI is InChI=1S/C14H17FN2OS/c1-14(2,3)17-9-10-8-11(15)4-5-12(10)19-13-16-6-7-18-13/h4-8,17H,9H2,1-3H3. The molecule has 0 aliphatic heterocycles. The predicted molar refractivity (Wildman–Crippen MR) is 73.6 cm³/mol. The van der Waals surface area contributed by atoms with Gasteiger partial charge in [-0.05, 0) is 56.3 Å². The number of rotatable bonds is 4. The van der Waals surface area contributed by atoms with E-state index in [9.17, 15) is 4.39 Å². The summed E-state index contributed by atoms with van der Waals surface area (Å²) >= 11 is 1.40. The van der Waals surface area contributed by atoms with Crippen LogP contribution in [-0.4, -0.2) is 10.5 Å². The molecule has 0 saturated heterocycles. The normalized spacial score (nSPS) is 11.8. The summed E-state index contributed by atoms with van der Waals surface area (Å²) in [6.45, 7) is 6.83. The highest BCUT2D eigenvalue weighted by Crippen LogP contribution is 2.30. The molecule has 0 fully saturated rings. The summed E-state index contributed by atoms with van der Waals surface area (Å²) < 4.78 is 18.6. The number of nitrogens with zero attached hydrogens (tertiary/aromatic N) is 1. The summed E-state index contributed by atoms with van der Waals surface area (Å²) in [5, 5.41) is 3.91. The van der Waals surface area contributed by atoms with Crippen LogP contribution in [0.5, 0.6) is 0 Å². The van der Waals surface area contributed by atoms with Gasteiger partial charge < -0.3 is 9.73 Å². The van der Waals surface area contributed by atoms with E-state index in [0.29, 0.717) is 11.8 Å². The fraction of sp³-hybridized carbons (Fsp3) is 0.357. The van der Waals surface area contributed by atoms with Gasteiger partial charge in [-0.2, -0.15) is 0 Å². The van der Waals surface area contributed by atoms with Gasteiger partial charge in [0.25, 0.3) is 5.22 Å². The molecule has 1 aromatic carbocycles. The first-order chi connectivity index (χ1) is 8.94. The second-order valence-electron chi connectivity index (χ2n) is 5.26. The van der Waals surface area contributed by atoms with E-state index < -0.39 is 0 Å². The number of hydrogen-bond acceptors (Lipinski definition) is 4. The molecule has 0 spiro atoms. The van der Waals surface area contributed by atoms with Crippen molar-refractivity contribution < 1.29 is 8.81 Å². The molecule has 0 atom stereocenters. The van der Waals surface area contributed by atoms with Crippen molar-refractivity contribution in [3.8, 4) is 0 Å². The SMILES string of the molecule is CC(C)(C)NCc1cc(F)ccc1Sc1ncco1. The van der Waals surface area contributed by atoms with Crippen LogP contribution in [0.25, 0.3) is 0 Å². The van der Waals surface area contributed by atoms with Crippen LogP contribution in [0.3, 0.4) is 0 Å². The third-order valence-electron chi connectivity index (χ3n) is 2.44. The Labute approximate surface area is 116 Å². The van der Waals surface area contributed by atoms with Gasteiger partial charge in [-0.15, -0.1) is 0 Å². The molecule has 2 aromatic rings. The van der Waals surface area contributed by atoms with Crippen molar-refractivity contribution in [1.29, 1.82) is 0 Å². The lowest BCUT2D eigenvalue weighted by atomic mass is 10.1. The minimum absolute atomic E-state index is 0.0167. The molecule has 1 N–H and O–H groups in total. The van der Waals surface area contributed by atoms with E-state index in [2.05, 4.69) is 31.1 Å². The first-order valence-corrected chi connectivity index (χ1v) is 6.86. The van der Waals surface area contributed by atoms with E-state index in [-0.39, 0.29) is 11.4 Å². The number of oxazole rings is 1. The zero-order valence-corrected chi connectivity index (χ0v) is 12.1. The van der Waals surface area contributed by atoms with Crippen molar-refractivity contribution in [1.82, 2.24) is 10.3 Å². The molecular weight excluding hydrogens is 263 g/mol. The quantitative estimate of drug-likeness (QED) is 0.923. The topological polar surface area (TPSA) is 38.1 Å². The highest BCUT2D eigenvalue weighted by Gasteiger charge is 2.13. The van der Waals surface area contributed by atoms with E-state index in [0.717, 1.165) is 10.5 Å². The molecule has 102 valence electrons. The number of halogens is 1. The van der Waals surface area contributed by atoms with Crippen molar-refractivity contribution in [3.05, 3.63) is 42.0 Å². The molecule has 0 bridgehead atoms. The van der Waals surface area contributed by atoms with Crippen LogP contribution in [0, 0.1) is 5.82 Å². The van der Waals surface area contributed by atoms with Gasteiger partial charge in [-0.1, -0.05) is 0 Å². The molecule has 1 heterocycles. The lowest BCUT2D eigenvalue weighted by Crippen LogP contribution is -2.35. The molecule has 3 nitrogen and oxygen atoms in total. The molecular formula is C14H17FN2OS. The summed E-state index contributed by atoms with van der Waals surface area (Å²) in [5.41, 5.74) is 0.884. The van der Waals surface area contributed by atoms with Gasteiger partial charge in [0.1, 0.15) is 12.1 Å². The van der Waals surface area contributed by atoms with Crippen molar-refractivity contribution >= 4 is 11.8 Å². The van der Waals surface area contributed by atoms with Crippen LogP contribution in [0.15, 0.2) is 45.2 Å². The third kappa shape index (κ3) is 4.36. The summed E-state index contributed by atoms with van der Waals surface area (Å²) in [4.78, 5) is 5.01. The Morgan fingerprint density at radius 1 is 1.37 bits per heavy atom. The van der Waals surface area contributed by atoms with Crippen LogP contribution >= 0.6 is 11.8 Å². The lowest BCUT2D eigenvalue weighted by molar-refractivity contribution is 0.421. The molecule has 0 aliphatic rings. The summed E-state index contributed by atoms with van der Waals surface area (Å²) in [5.74, 6) is -0.234. The number of benzene rings is 1. The van der Waals surface area contributed by atoms with E-state index in [1.807, 2.05) is 0 Å². The van der Waals surface area contributed by atoms with Crippen molar-refractivity contribution in [2.45, 2.75) is 43.0 Å². The molecule has 0 amide bonds. The van der Waals surface area contributed by atoms with Gasteiger partial charge in [0, 0.05) is 17.0 Å². The molecule has 1 aromatic heterocycles. The van der Waals surface area contributed by atoms with Crippen LogP contribution in [0.2, 0.25) is 0 Å². The fourth-order valence-electron chi connectivity index (χ4n) is 1.50. The second kappa shape index (κ2) is 5.75. The Bertz CT molecular complexity index is 535. The van der Waals surface area contributed by atoms with Crippen LogP contribution in [0.1, 0.15) is 26.3 Å². The minimum Gasteiger partial charge on any atom is -0.440 e. The third-order valence-corrected chi connectivity index (χ3v) is 3.43. The molecule has 5 heteroatoms. The monoisotopic (exact) mass is 280 g/mol. The van der Waals surface area contributed by atoms with Gasteiger partial charge in [-0.3, -0.25) is 0 Å². The van der Waals surface area contributed by atoms with Crippen LogP contribution < -0.4 is 5.32 Å². The second-order valence-corrected chi connectivity index (χ2v) is 6.25. The molecule has 0 unspecified atom stereocenters. The Balaban J connectivity index is 2.18. The first kappa shape index (κ1) is 14.1. The highest BCUT2D eigenvalue weighted by atomic mass is 32.2. The van der Waals surface area contributed by atoms with Gasteiger partial charge in [0.05, 0.1) is 6.20 Å². The maximum Gasteiger partial charge on any atom is 0.260 e. The van der Waals surface area contributed by atoms with Crippen molar-refractivity contribution in [2.24, 2.45) is 0 Å². The first-order valence-electron chi connectivity index (χ1n) is 6.05. The zero-order valence-electron chi connectivity index (χ0n) is 11.2. The maximum atomic E-state index is 13.4. The van der Waals surface area contributed by atoms with Gasteiger partial charge in [0.2, 0.25) is 0 Å². The van der Waals surface area contributed by atoms with E-state index in [4.69, 9.17) is 4.42 Å². The number of hydrogen-bond donors (Lipinski definition) is 1. The average molecular weight is 280 g/mol. The fourth-order valence-corrected chi connectivity index (χ4v) is 2.30. The van der Waals surface area contributed by atoms with E-state index in [1.165, 1.54) is 24.1 Å². The zero-order chi connectivity index (χ0) is 13.9. The van der Waals surface area contributed by atoms with Gasteiger partial charge >= 0.3 is 0 Å². The summed E-state index contributed by atoms with van der Waals surface area (Å²) in [6, 6.07) is 4.75. The molecule has 2 rings (SSSR count). The van der Waals surface area contributed by atoms with Crippen LogP contribution in [-0.2, 0) is 6.54 Å². The molecule has 0 saturated carbocycles. The van der Waals surface area contributed by atoms with E-state index >= 15 is 0 Å². The largest absolute Gasteiger partial charge is 0.440 e. The minimum atomic E-state index is -0.234. The predicted octanol–water partition coefficient (Wildman–Crippen LogP) is 3.85. The maximum absolute atomic E-state index is 13.4. The molecule has 0 radical (unpaired) electrons. The summed E-state index contributed by atoms with van der Waals surface area (Å²) in [7, 11) is 0. The Kier molecular flexibility index (Phi) is 4.27. The van der Waals surface area contributed by atoms with E-state index in [1.54, 1.807) is 18.3 Å². The summed E-state index contributed by atoms with van der Waals surface area (Å²) in [6.07, 6.45) is 3.12. The van der Waals surface area contributed by atoms with Crippen molar-refractivity contribution in [2.75, 3.05) is 0 Å². The smallest absolute Gasteiger partial charge is 0.260 e. The average Bonchev–Trinajstić information content (AvgIpc) is 2.81. The Morgan fingerprint density at radius 2 is 2.16 bits per heavy atom. The number of aromatic nitrogens is 1. The highest BCUT2D eigenvalue weighted by molar-refractivity contribution is 7.99. The van der Waals surface area contributed by atoms with Crippen LogP contribution in [0.4, 0.5) is 4.39 Å². The van der Waals surface area contributed by atoms with Gasteiger partial charge in [0.15, 0.2) is 0 Å². The van der Waals surface area contributed by atoms with Gasteiger partial charge in [-0.25, -0.2) is 9.37 Å². The van der Waals surface area contributed by atoms with Crippen molar-refractivity contribution in [3.63, 3.8) is 0 Å². The Morgan fingerprint density at radius 3 is 2.79 bits per heavy atom. The molecule has 0 aliphatic carbocycles. The Hall–Kier alpha value is -1.33. The lowest BCUT2D eigenvalue weighted by Gasteiger charge is -2.21. The molecule has 19 heavy (non-hydrogen) atoms.